The molecule has 1 N–H and O–H groups in total. The molecule has 0 aromatic heterocycles. The monoisotopic (exact) mass is 281 g/mol. The van der Waals surface area contributed by atoms with Gasteiger partial charge in [-0.15, -0.1) is 0 Å². The molecule has 0 fully saturated rings. The molecule has 110 valence electrons. The molecule has 0 bridgehead atoms. The number of aromatic hydroxyl groups is 1. The zero-order valence-electron chi connectivity index (χ0n) is 12.9. The smallest absolute Gasteiger partial charge is 0.121 e. The first-order chi connectivity index (χ1) is 10.1. The fourth-order valence-corrected chi connectivity index (χ4v) is 3.29. The fraction of sp³-hybridized carbons (Fsp3) is 0.368. The minimum Gasteiger partial charge on any atom is -0.507 e. The van der Waals surface area contributed by atoms with Gasteiger partial charge in [-0.2, -0.15) is 0 Å². The van der Waals surface area contributed by atoms with Crippen LogP contribution in [0.4, 0.5) is 5.69 Å². The molecule has 21 heavy (non-hydrogen) atoms. The normalized spacial score (nSPS) is 14.7. The van der Waals surface area contributed by atoms with Crippen molar-refractivity contribution in [3.63, 3.8) is 0 Å². The molecule has 0 saturated carbocycles. The van der Waals surface area contributed by atoms with E-state index in [-0.39, 0.29) is 0 Å². The van der Waals surface area contributed by atoms with Crippen molar-refractivity contribution in [1.29, 1.82) is 0 Å². The summed E-state index contributed by atoms with van der Waals surface area (Å²) in [6.07, 6.45) is 3.69. The van der Waals surface area contributed by atoms with Crippen molar-refractivity contribution in [2.24, 2.45) is 0 Å². The van der Waals surface area contributed by atoms with E-state index >= 15 is 0 Å². The van der Waals surface area contributed by atoms with Gasteiger partial charge in [0.1, 0.15) is 5.75 Å². The number of fused-ring (bicyclic) bond motifs is 1. The lowest BCUT2D eigenvalue weighted by Gasteiger charge is -2.25. The van der Waals surface area contributed by atoms with Crippen molar-refractivity contribution in [2.75, 3.05) is 11.4 Å². The van der Waals surface area contributed by atoms with Crippen LogP contribution in [0.15, 0.2) is 36.4 Å². The maximum Gasteiger partial charge on any atom is 0.121 e. The Labute approximate surface area is 127 Å². The van der Waals surface area contributed by atoms with Crippen LogP contribution < -0.4 is 4.90 Å². The molecule has 2 aromatic rings. The molecule has 0 atom stereocenters. The molecule has 0 radical (unpaired) electrons. The van der Waals surface area contributed by atoms with Gasteiger partial charge in [-0.1, -0.05) is 30.3 Å². The van der Waals surface area contributed by atoms with E-state index in [0.717, 1.165) is 24.2 Å². The van der Waals surface area contributed by atoms with Gasteiger partial charge in [0.2, 0.25) is 0 Å². The number of rotatable bonds is 2. The first kappa shape index (κ1) is 14.0. The Balaban J connectivity index is 1.91. The number of benzene rings is 2. The highest BCUT2D eigenvalue weighted by atomic mass is 16.3. The number of phenolic OH excluding ortho intramolecular Hbond substituents is 1. The third-order valence-electron chi connectivity index (χ3n) is 4.38. The van der Waals surface area contributed by atoms with E-state index in [2.05, 4.69) is 41.3 Å². The van der Waals surface area contributed by atoms with Crippen LogP contribution >= 0.6 is 0 Å². The van der Waals surface area contributed by atoms with Gasteiger partial charge in [0.05, 0.1) is 0 Å². The molecule has 1 aliphatic heterocycles. The average molecular weight is 281 g/mol. The molecule has 0 aliphatic carbocycles. The van der Waals surface area contributed by atoms with E-state index in [4.69, 9.17) is 0 Å². The SMILES string of the molecule is Cc1cc(CN2CCCCc3ccccc32)cc(C)c1O. The minimum absolute atomic E-state index is 0.426. The van der Waals surface area contributed by atoms with Crippen LogP contribution in [-0.2, 0) is 13.0 Å². The van der Waals surface area contributed by atoms with Crippen LogP contribution in [0.2, 0.25) is 0 Å². The molecule has 0 unspecified atom stereocenters. The molecule has 1 heterocycles. The van der Waals surface area contributed by atoms with Crippen molar-refractivity contribution >= 4 is 5.69 Å². The molecule has 2 aromatic carbocycles. The summed E-state index contributed by atoms with van der Waals surface area (Å²) in [4.78, 5) is 2.48. The molecular formula is C19H23NO. The van der Waals surface area contributed by atoms with Gasteiger partial charge >= 0.3 is 0 Å². The first-order valence-electron chi connectivity index (χ1n) is 7.77. The zero-order chi connectivity index (χ0) is 14.8. The highest BCUT2D eigenvalue weighted by molar-refractivity contribution is 5.55. The van der Waals surface area contributed by atoms with Crippen molar-refractivity contribution in [2.45, 2.75) is 39.7 Å². The second kappa shape index (κ2) is 5.80. The van der Waals surface area contributed by atoms with Crippen LogP contribution in [0.25, 0.3) is 0 Å². The molecule has 0 spiro atoms. The van der Waals surface area contributed by atoms with Gasteiger partial charge in [-0.25, -0.2) is 0 Å². The van der Waals surface area contributed by atoms with Crippen LogP contribution in [0.3, 0.4) is 0 Å². The molecule has 2 nitrogen and oxygen atoms in total. The van der Waals surface area contributed by atoms with E-state index in [9.17, 15) is 5.11 Å². The van der Waals surface area contributed by atoms with Crippen LogP contribution in [0, 0.1) is 13.8 Å². The molecule has 1 aliphatic rings. The van der Waals surface area contributed by atoms with E-state index in [1.54, 1.807) is 0 Å². The number of anilines is 1. The summed E-state index contributed by atoms with van der Waals surface area (Å²) in [7, 11) is 0. The highest BCUT2D eigenvalue weighted by Gasteiger charge is 2.15. The Morgan fingerprint density at radius 2 is 1.76 bits per heavy atom. The van der Waals surface area contributed by atoms with Crippen LogP contribution in [-0.4, -0.2) is 11.7 Å². The number of hydrogen-bond acceptors (Lipinski definition) is 2. The predicted octanol–water partition coefficient (Wildman–Crippen LogP) is 4.35. The Morgan fingerprint density at radius 1 is 1.05 bits per heavy atom. The quantitative estimate of drug-likeness (QED) is 0.884. The number of aryl methyl sites for hydroxylation is 3. The first-order valence-corrected chi connectivity index (χ1v) is 7.77. The lowest BCUT2D eigenvalue weighted by atomic mass is 10.0. The lowest BCUT2D eigenvalue weighted by molar-refractivity contribution is 0.466. The number of para-hydroxylation sites is 1. The second-order valence-corrected chi connectivity index (χ2v) is 6.09. The summed E-state index contributed by atoms with van der Waals surface area (Å²) < 4.78 is 0. The summed E-state index contributed by atoms with van der Waals surface area (Å²) in [6, 6.07) is 13.0. The summed E-state index contributed by atoms with van der Waals surface area (Å²) >= 11 is 0. The number of nitrogens with zero attached hydrogens (tertiary/aromatic N) is 1. The molecule has 2 heteroatoms. The second-order valence-electron chi connectivity index (χ2n) is 6.09. The Hall–Kier alpha value is -1.96. The van der Waals surface area contributed by atoms with E-state index < -0.39 is 0 Å². The largest absolute Gasteiger partial charge is 0.507 e. The van der Waals surface area contributed by atoms with Gasteiger partial charge in [-0.3, -0.25) is 0 Å². The van der Waals surface area contributed by atoms with E-state index in [1.807, 2.05) is 13.8 Å². The third-order valence-corrected chi connectivity index (χ3v) is 4.38. The van der Waals surface area contributed by atoms with Gasteiger partial charge in [0.25, 0.3) is 0 Å². The van der Waals surface area contributed by atoms with Crippen LogP contribution in [0.5, 0.6) is 5.75 Å². The maximum absolute atomic E-state index is 9.93. The van der Waals surface area contributed by atoms with Crippen LogP contribution in [0.1, 0.15) is 35.1 Å². The standard InChI is InChI=1S/C19H23NO/c1-14-11-16(12-15(2)19(14)21)13-20-10-6-5-8-17-7-3-4-9-18(17)20/h3-4,7,9,11-12,21H,5-6,8,10,13H2,1-2H3. The highest BCUT2D eigenvalue weighted by Crippen LogP contribution is 2.29. The third kappa shape index (κ3) is 2.90. The number of phenols is 1. The summed E-state index contributed by atoms with van der Waals surface area (Å²) in [5.41, 5.74) is 6.04. The van der Waals surface area contributed by atoms with Crippen molar-refractivity contribution in [3.05, 3.63) is 58.7 Å². The maximum atomic E-state index is 9.93. The minimum atomic E-state index is 0.426. The summed E-state index contributed by atoms with van der Waals surface area (Å²) in [6.45, 7) is 5.97. The lowest BCUT2D eigenvalue weighted by Crippen LogP contribution is -2.23. The van der Waals surface area contributed by atoms with Gasteiger partial charge < -0.3 is 10.0 Å². The molecule has 0 amide bonds. The van der Waals surface area contributed by atoms with E-state index in [0.29, 0.717) is 5.75 Å². The topological polar surface area (TPSA) is 23.5 Å². The summed E-state index contributed by atoms with van der Waals surface area (Å²) in [5, 5.41) is 9.93. The Morgan fingerprint density at radius 3 is 2.52 bits per heavy atom. The Kier molecular flexibility index (Phi) is 3.87. The van der Waals surface area contributed by atoms with Crippen molar-refractivity contribution in [3.8, 4) is 5.75 Å². The van der Waals surface area contributed by atoms with Gasteiger partial charge in [0.15, 0.2) is 0 Å². The number of hydrogen-bond donors (Lipinski definition) is 1. The summed E-state index contributed by atoms with van der Waals surface area (Å²) in [5.74, 6) is 0.426. The fourth-order valence-electron chi connectivity index (χ4n) is 3.29. The average Bonchev–Trinajstić information content (AvgIpc) is 2.67. The zero-order valence-corrected chi connectivity index (χ0v) is 12.9. The predicted molar refractivity (Wildman–Crippen MR) is 88.0 cm³/mol. The molecular weight excluding hydrogens is 258 g/mol. The van der Waals surface area contributed by atoms with Gasteiger partial charge in [-0.05, 0) is 61.4 Å². The van der Waals surface area contributed by atoms with E-state index in [1.165, 1.54) is 36.1 Å². The molecule has 0 saturated heterocycles. The van der Waals surface area contributed by atoms with Crippen molar-refractivity contribution < 1.29 is 5.11 Å². The van der Waals surface area contributed by atoms with Crippen molar-refractivity contribution in [1.82, 2.24) is 0 Å². The van der Waals surface area contributed by atoms with Gasteiger partial charge in [0, 0.05) is 18.8 Å². The molecule has 3 rings (SSSR count). The Bertz CT molecular complexity index is 625.